The van der Waals surface area contributed by atoms with Gasteiger partial charge in [0.05, 0.1) is 6.04 Å². The lowest BCUT2D eigenvalue weighted by molar-refractivity contribution is -0.130. The number of nitrogens with zero attached hydrogens (tertiary/aromatic N) is 2. The molecule has 44 heavy (non-hydrogen) atoms. The van der Waals surface area contributed by atoms with Crippen molar-refractivity contribution in [3.8, 4) is 0 Å². The number of halogens is 1. The highest BCUT2D eigenvalue weighted by Crippen LogP contribution is 2.20. The molecule has 0 saturated carbocycles. The zero-order chi connectivity index (χ0) is 32.1. The molecule has 0 aromatic heterocycles. The van der Waals surface area contributed by atoms with Crippen LogP contribution in [0, 0.1) is 5.82 Å². The monoisotopic (exact) mass is 605 g/mol. The van der Waals surface area contributed by atoms with E-state index in [1.54, 1.807) is 0 Å². The second-order valence-electron chi connectivity index (χ2n) is 10.3. The summed E-state index contributed by atoms with van der Waals surface area (Å²) in [4.78, 5) is 47.8. The highest BCUT2D eigenvalue weighted by atomic mass is 19.1. The minimum atomic E-state index is -1.03. The van der Waals surface area contributed by atoms with Crippen LogP contribution >= 0.6 is 0 Å². The number of hydrogen-bond donors (Lipinski definition) is 7. The van der Waals surface area contributed by atoms with Crippen LogP contribution in [0.4, 0.5) is 4.39 Å². The fraction of sp³-hybridized carbons (Fsp3) is 0.323. The van der Waals surface area contributed by atoms with Crippen molar-refractivity contribution in [1.82, 2.24) is 16.0 Å². The maximum absolute atomic E-state index is 13.5. The van der Waals surface area contributed by atoms with E-state index in [9.17, 15) is 18.8 Å². The minimum Gasteiger partial charge on any atom is -0.370 e. The lowest BCUT2D eigenvalue weighted by atomic mass is 10.0. The van der Waals surface area contributed by atoms with Gasteiger partial charge in [-0.3, -0.25) is 24.4 Å². The molecule has 0 unspecified atom stereocenters. The molecule has 3 atom stereocenters. The average molecular weight is 606 g/mol. The number of guanidine groups is 2. The summed E-state index contributed by atoms with van der Waals surface area (Å²) in [5.74, 6) is -2.24. The number of hydrogen-bond acceptors (Lipinski definition) is 5. The standard InChI is InChI=1S/C31H40FN9O3/c1-19(22-11-10-20-6-2-3-7-23(20)18-22)39-28(43)25(8-4-16-37-30(33)34)41-29(44)26(9-5-17-38-31(35)36)40-27(42)21-12-14-24(32)15-13-21/h2-3,6-7,10-15,18-19,25-26H,4-5,8-9,16-17H2,1H3,(H,39,43)(H,40,42)(H,41,44)(H4,33,34,37)(H4,35,36,38)/t19-,25+,26+/m1/s1. The maximum atomic E-state index is 13.5. The summed E-state index contributed by atoms with van der Waals surface area (Å²) in [6, 6.07) is 16.4. The second-order valence-corrected chi connectivity index (χ2v) is 10.3. The third-order valence-corrected chi connectivity index (χ3v) is 6.88. The molecular formula is C31H40FN9O3. The van der Waals surface area contributed by atoms with Crippen LogP contribution < -0.4 is 38.9 Å². The molecule has 11 N–H and O–H groups in total. The summed E-state index contributed by atoms with van der Waals surface area (Å²) < 4.78 is 13.4. The Morgan fingerprint density at radius 1 is 0.727 bits per heavy atom. The van der Waals surface area contributed by atoms with Crippen molar-refractivity contribution in [2.24, 2.45) is 32.9 Å². The SMILES string of the molecule is C[C@@H](NC(=O)[C@H](CCCN=C(N)N)NC(=O)[C@H](CCCN=C(N)N)NC(=O)c1ccc(F)cc1)c1ccc2ccccc2c1. The highest BCUT2D eigenvalue weighted by Gasteiger charge is 2.27. The van der Waals surface area contributed by atoms with Crippen molar-refractivity contribution in [2.45, 2.75) is 50.7 Å². The van der Waals surface area contributed by atoms with E-state index in [4.69, 9.17) is 22.9 Å². The van der Waals surface area contributed by atoms with Crippen LogP contribution in [0.1, 0.15) is 54.6 Å². The van der Waals surface area contributed by atoms with Crippen LogP contribution in [0.2, 0.25) is 0 Å². The van der Waals surface area contributed by atoms with Crippen molar-refractivity contribution < 1.29 is 18.8 Å². The first-order valence-corrected chi connectivity index (χ1v) is 14.3. The predicted octanol–water partition coefficient (Wildman–Crippen LogP) is 1.55. The quantitative estimate of drug-likeness (QED) is 0.0769. The third kappa shape index (κ3) is 10.6. The first-order valence-electron chi connectivity index (χ1n) is 14.3. The smallest absolute Gasteiger partial charge is 0.251 e. The van der Waals surface area contributed by atoms with Gasteiger partial charge in [0.25, 0.3) is 5.91 Å². The van der Waals surface area contributed by atoms with Gasteiger partial charge in [-0.1, -0.05) is 36.4 Å². The molecule has 0 bridgehead atoms. The molecule has 3 rings (SSSR count). The second kappa shape index (κ2) is 16.4. The highest BCUT2D eigenvalue weighted by molar-refractivity contribution is 5.98. The lowest BCUT2D eigenvalue weighted by Gasteiger charge is -2.25. The summed E-state index contributed by atoms with van der Waals surface area (Å²) >= 11 is 0. The Kier molecular flexibility index (Phi) is 12.4. The van der Waals surface area contributed by atoms with E-state index < -0.39 is 35.6 Å². The van der Waals surface area contributed by atoms with Gasteiger partial charge in [0, 0.05) is 18.7 Å². The van der Waals surface area contributed by atoms with E-state index in [1.807, 2.05) is 49.4 Å². The fourth-order valence-electron chi connectivity index (χ4n) is 4.53. The number of benzene rings is 3. The van der Waals surface area contributed by atoms with E-state index in [-0.39, 0.29) is 49.5 Å². The first kappa shape index (κ1) is 33.3. The van der Waals surface area contributed by atoms with Crippen molar-refractivity contribution >= 4 is 40.4 Å². The number of aliphatic imine (C=N–C) groups is 2. The van der Waals surface area contributed by atoms with Crippen molar-refractivity contribution in [1.29, 1.82) is 0 Å². The Morgan fingerprint density at radius 2 is 1.27 bits per heavy atom. The van der Waals surface area contributed by atoms with Crippen molar-refractivity contribution in [3.05, 3.63) is 83.7 Å². The maximum Gasteiger partial charge on any atom is 0.251 e. The molecular weight excluding hydrogens is 565 g/mol. The molecule has 12 nitrogen and oxygen atoms in total. The number of rotatable bonds is 15. The fourth-order valence-corrected chi connectivity index (χ4v) is 4.53. The molecule has 13 heteroatoms. The molecule has 3 aromatic rings. The Hall–Kier alpha value is -5.20. The predicted molar refractivity (Wildman–Crippen MR) is 170 cm³/mol. The molecule has 0 aliphatic rings. The average Bonchev–Trinajstić information content (AvgIpc) is 2.99. The Bertz CT molecular complexity index is 1490. The van der Waals surface area contributed by atoms with Gasteiger partial charge in [0.1, 0.15) is 17.9 Å². The molecule has 0 spiro atoms. The van der Waals surface area contributed by atoms with Crippen LogP contribution in [-0.4, -0.2) is 54.8 Å². The summed E-state index contributed by atoms with van der Waals surface area (Å²) in [6.07, 6.45) is 1.16. The Morgan fingerprint density at radius 3 is 1.86 bits per heavy atom. The van der Waals surface area contributed by atoms with Gasteiger partial charge >= 0.3 is 0 Å². The third-order valence-electron chi connectivity index (χ3n) is 6.88. The normalized spacial score (nSPS) is 12.8. The van der Waals surface area contributed by atoms with Crippen LogP contribution in [0.3, 0.4) is 0 Å². The molecule has 0 fully saturated rings. The molecule has 0 aliphatic carbocycles. The van der Waals surface area contributed by atoms with Gasteiger partial charge in [-0.2, -0.15) is 0 Å². The topological polar surface area (TPSA) is 216 Å². The van der Waals surface area contributed by atoms with Gasteiger partial charge in [0.15, 0.2) is 11.9 Å². The zero-order valence-electron chi connectivity index (χ0n) is 24.6. The van der Waals surface area contributed by atoms with E-state index in [1.165, 1.54) is 12.1 Å². The number of amides is 3. The summed E-state index contributed by atoms with van der Waals surface area (Å²) in [6.45, 7) is 2.34. The first-order chi connectivity index (χ1) is 21.0. The van der Waals surface area contributed by atoms with Crippen LogP contribution in [-0.2, 0) is 9.59 Å². The van der Waals surface area contributed by atoms with Gasteiger partial charge in [0.2, 0.25) is 11.8 Å². The largest absolute Gasteiger partial charge is 0.370 e. The molecule has 3 amide bonds. The van der Waals surface area contributed by atoms with E-state index in [0.29, 0.717) is 12.8 Å². The van der Waals surface area contributed by atoms with Gasteiger partial charge in [-0.25, -0.2) is 4.39 Å². The number of nitrogens with two attached hydrogens (primary N) is 4. The van der Waals surface area contributed by atoms with Crippen LogP contribution in [0.5, 0.6) is 0 Å². The molecule has 234 valence electrons. The summed E-state index contributed by atoms with van der Waals surface area (Å²) in [7, 11) is 0. The molecule has 0 saturated heterocycles. The van der Waals surface area contributed by atoms with Crippen LogP contribution in [0.25, 0.3) is 10.8 Å². The molecule has 0 aliphatic heterocycles. The Labute approximate surface area is 255 Å². The number of nitrogens with one attached hydrogen (secondary N) is 3. The van der Waals surface area contributed by atoms with E-state index >= 15 is 0 Å². The summed E-state index contributed by atoms with van der Waals surface area (Å²) in [5, 5.41) is 10.6. The van der Waals surface area contributed by atoms with Crippen molar-refractivity contribution in [2.75, 3.05) is 13.1 Å². The van der Waals surface area contributed by atoms with Crippen molar-refractivity contribution in [3.63, 3.8) is 0 Å². The molecule has 0 heterocycles. The van der Waals surface area contributed by atoms with Gasteiger partial charge in [-0.15, -0.1) is 0 Å². The Balaban J connectivity index is 1.76. The number of fused-ring (bicyclic) bond motifs is 1. The van der Waals surface area contributed by atoms with E-state index in [0.717, 1.165) is 28.5 Å². The van der Waals surface area contributed by atoms with Crippen LogP contribution in [0.15, 0.2) is 76.7 Å². The number of carbonyl (C=O) groups excluding carboxylic acids is 3. The van der Waals surface area contributed by atoms with E-state index in [2.05, 4.69) is 25.9 Å². The minimum absolute atomic E-state index is 0.0793. The van der Waals surface area contributed by atoms with Gasteiger partial charge in [-0.05, 0) is 79.3 Å². The summed E-state index contributed by atoms with van der Waals surface area (Å²) in [5.41, 5.74) is 22.7. The number of carbonyl (C=O) groups is 3. The zero-order valence-corrected chi connectivity index (χ0v) is 24.6. The molecule has 0 radical (unpaired) electrons. The molecule has 3 aromatic carbocycles. The van der Waals surface area contributed by atoms with Gasteiger partial charge < -0.3 is 38.9 Å². The lowest BCUT2D eigenvalue weighted by Crippen LogP contribution is -2.54.